The molecule has 152 valence electrons. The molecule has 0 spiro atoms. The van der Waals surface area contributed by atoms with Crippen LogP contribution in [0.3, 0.4) is 0 Å². The van der Waals surface area contributed by atoms with Crippen molar-refractivity contribution >= 4 is 23.1 Å². The summed E-state index contributed by atoms with van der Waals surface area (Å²) in [4.78, 5) is 14.6. The Kier molecular flexibility index (Phi) is 4.19. The fourth-order valence-electron chi connectivity index (χ4n) is 4.18. The predicted molar refractivity (Wildman–Crippen MR) is 103 cm³/mol. The summed E-state index contributed by atoms with van der Waals surface area (Å²) >= 11 is 6.11. The number of ether oxygens (including phenoxy) is 3. The summed E-state index contributed by atoms with van der Waals surface area (Å²) in [6, 6.07) is 10.6. The third kappa shape index (κ3) is 2.77. The number of halogens is 1. The van der Waals surface area contributed by atoms with Gasteiger partial charge >= 0.3 is 0 Å². The second-order valence-corrected chi connectivity index (χ2v) is 7.81. The van der Waals surface area contributed by atoms with Gasteiger partial charge in [0.05, 0.1) is 12.3 Å². The Labute approximate surface area is 169 Å². The van der Waals surface area contributed by atoms with Gasteiger partial charge in [0.25, 0.3) is 5.56 Å². The zero-order chi connectivity index (χ0) is 20.3. The minimum Gasteiger partial charge on any atom is -0.394 e. The summed E-state index contributed by atoms with van der Waals surface area (Å²) in [5.41, 5.74) is 6.10. The number of H-pyrrole nitrogens is 1. The molecule has 3 aromatic rings. The number of nitrogen functional groups attached to an aromatic ring is 1. The Morgan fingerprint density at radius 3 is 2.93 bits per heavy atom. The van der Waals surface area contributed by atoms with Gasteiger partial charge in [0.15, 0.2) is 6.29 Å². The first-order chi connectivity index (χ1) is 13.9. The van der Waals surface area contributed by atoms with Gasteiger partial charge in [-0.15, -0.1) is 5.10 Å². The van der Waals surface area contributed by atoms with Crippen molar-refractivity contribution in [3.63, 3.8) is 0 Å². The normalized spacial score (nSPS) is 31.4. The molecule has 5 rings (SSSR count). The van der Waals surface area contributed by atoms with Crippen LogP contribution >= 0.6 is 11.6 Å². The van der Waals surface area contributed by atoms with E-state index in [2.05, 4.69) is 10.1 Å². The Morgan fingerprint density at radius 2 is 2.17 bits per heavy atom. The number of nitrogens with zero attached hydrogens (tertiary/aromatic N) is 2. The first-order valence-electron chi connectivity index (χ1n) is 9.13. The molecule has 0 bridgehead atoms. The zero-order valence-electron chi connectivity index (χ0n) is 15.4. The van der Waals surface area contributed by atoms with Gasteiger partial charge in [0, 0.05) is 10.6 Å². The lowest BCUT2D eigenvalue weighted by Gasteiger charge is -2.27. The van der Waals surface area contributed by atoms with Gasteiger partial charge in [-0.1, -0.05) is 23.7 Å². The molecule has 9 nitrogen and oxygen atoms in total. The summed E-state index contributed by atoms with van der Waals surface area (Å²) in [7, 11) is 0. The number of aromatic amines is 1. The summed E-state index contributed by atoms with van der Waals surface area (Å²) < 4.78 is 20.0. The number of aromatic nitrogens is 3. The highest BCUT2D eigenvalue weighted by molar-refractivity contribution is 6.30. The van der Waals surface area contributed by atoms with Crippen molar-refractivity contribution in [3.8, 4) is 0 Å². The van der Waals surface area contributed by atoms with Gasteiger partial charge in [0.2, 0.25) is 5.95 Å². The fraction of sp³-hybridized carbons (Fsp3) is 0.368. The van der Waals surface area contributed by atoms with Gasteiger partial charge in [-0.25, -0.2) is 4.52 Å². The van der Waals surface area contributed by atoms with Crippen LogP contribution in [0.2, 0.25) is 5.02 Å². The summed E-state index contributed by atoms with van der Waals surface area (Å²) in [6.45, 7) is 1.61. The van der Waals surface area contributed by atoms with E-state index in [4.69, 9.17) is 31.5 Å². The second-order valence-electron chi connectivity index (χ2n) is 7.38. The SMILES string of the molecule is C[C@@]12OC(c3cccc(Cl)c3)O[C@@H]1[C@@H](CO)O[C@H]2c1ccc2c(=O)[nH]c(N)nn12. The maximum absolute atomic E-state index is 12.2. The van der Waals surface area contributed by atoms with Crippen LogP contribution in [0.1, 0.15) is 30.6 Å². The number of aliphatic hydroxyl groups is 1. The molecule has 2 saturated heterocycles. The van der Waals surface area contributed by atoms with Crippen molar-refractivity contribution in [1.82, 2.24) is 14.6 Å². The molecule has 1 unspecified atom stereocenters. The number of benzene rings is 1. The fourth-order valence-corrected chi connectivity index (χ4v) is 4.38. The van der Waals surface area contributed by atoms with Crippen LogP contribution in [0.5, 0.6) is 0 Å². The molecule has 0 amide bonds. The molecule has 5 atom stereocenters. The van der Waals surface area contributed by atoms with E-state index in [9.17, 15) is 9.90 Å². The maximum Gasteiger partial charge on any atom is 0.276 e. The van der Waals surface area contributed by atoms with Crippen molar-refractivity contribution in [3.05, 3.63) is 63.0 Å². The van der Waals surface area contributed by atoms with Gasteiger partial charge in [-0.05, 0) is 31.2 Å². The van der Waals surface area contributed by atoms with Crippen molar-refractivity contribution < 1.29 is 19.3 Å². The second kappa shape index (κ2) is 6.54. The predicted octanol–water partition coefficient (Wildman–Crippen LogP) is 1.56. The number of hydrogen-bond donors (Lipinski definition) is 3. The van der Waals surface area contributed by atoms with Crippen molar-refractivity contribution in [2.75, 3.05) is 12.3 Å². The summed E-state index contributed by atoms with van der Waals surface area (Å²) in [6.07, 6.45) is -2.47. The van der Waals surface area contributed by atoms with Crippen molar-refractivity contribution in [1.29, 1.82) is 0 Å². The number of hydrogen-bond acceptors (Lipinski definition) is 7. The Balaban J connectivity index is 1.58. The largest absolute Gasteiger partial charge is 0.394 e. The molecule has 0 saturated carbocycles. The molecule has 2 fully saturated rings. The molecule has 2 aliphatic heterocycles. The van der Waals surface area contributed by atoms with E-state index in [1.165, 1.54) is 4.52 Å². The molecular weight excluding hydrogens is 400 g/mol. The van der Waals surface area contributed by atoms with Crippen molar-refractivity contribution in [2.24, 2.45) is 0 Å². The van der Waals surface area contributed by atoms with Crippen LogP contribution in [-0.4, -0.2) is 44.1 Å². The third-order valence-electron chi connectivity index (χ3n) is 5.50. The van der Waals surface area contributed by atoms with E-state index in [1.54, 1.807) is 24.3 Å². The highest BCUT2D eigenvalue weighted by Crippen LogP contribution is 2.53. The van der Waals surface area contributed by atoms with Crippen LogP contribution in [0.4, 0.5) is 5.95 Å². The molecule has 4 heterocycles. The lowest BCUT2D eigenvalue weighted by Crippen LogP contribution is -2.40. The lowest BCUT2D eigenvalue weighted by atomic mass is 9.91. The first kappa shape index (κ1) is 18.6. The minimum absolute atomic E-state index is 0.0150. The Morgan fingerprint density at radius 1 is 1.34 bits per heavy atom. The van der Waals surface area contributed by atoms with Crippen LogP contribution < -0.4 is 11.3 Å². The van der Waals surface area contributed by atoms with Crippen LogP contribution in [0.25, 0.3) is 5.52 Å². The van der Waals surface area contributed by atoms with Crippen LogP contribution in [0.15, 0.2) is 41.2 Å². The van der Waals surface area contributed by atoms with E-state index in [-0.39, 0.29) is 18.1 Å². The summed E-state index contributed by atoms with van der Waals surface area (Å²) in [5.74, 6) is -0.0150. The summed E-state index contributed by atoms with van der Waals surface area (Å²) in [5, 5.41) is 14.6. The number of aliphatic hydroxyl groups excluding tert-OH is 1. The topological polar surface area (TPSA) is 124 Å². The maximum atomic E-state index is 12.2. The Bertz CT molecular complexity index is 1150. The number of nitrogens with two attached hydrogens (primary N) is 1. The molecule has 0 radical (unpaired) electrons. The van der Waals surface area contributed by atoms with E-state index >= 15 is 0 Å². The van der Waals surface area contributed by atoms with Gasteiger partial charge in [-0.3, -0.25) is 9.78 Å². The molecule has 2 aromatic heterocycles. The van der Waals surface area contributed by atoms with E-state index in [1.807, 2.05) is 19.1 Å². The molecule has 10 heteroatoms. The van der Waals surface area contributed by atoms with Crippen LogP contribution in [-0.2, 0) is 14.2 Å². The molecule has 4 N–H and O–H groups in total. The standard InChI is InChI=1S/C19H19ClN4O5/c1-19-14(11-5-6-12-16(26)22-18(21)23-24(11)12)27-13(8-25)15(19)28-17(29-19)9-3-2-4-10(20)7-9/h2-7,13-15,17,25H,8H2,1H3,(H3,21,22,23,26)/t13-,14+,15-,17?,19+/m1/s1. The number of fused-ring (bicyclic) bond motifs is 2. The van der Waals surface area contributed by atoms with E-state index < -0.39 is 30.2 Å². The van der Waals surface area contributed by atoms with Crippen molar-refractivity contribution in [2.45, 2.75) is 37.1 Å². The van der Waals surface area contributed by atoms with E-state index in [0.717, 1.165) is 5.56 Å². The lowest BCUT2D eigenvalue weighted by molar-refractivity contribution is -0.158. The highest BCUT2D eigenvalue weighted by Gasteiger charge is 2.62. The monoisotopic (exact) mass is 418 g/mol. The third-order valence-corrected chi connectivity index (χ3v) is 5.74. The Hall–Kier alpha value is -2.43. The van der Waals surface area contributed by atoms with E-state index in [0.29, 0.717) is 16.2 Å². The highest BCUT2D eigenvalue weighted by atomic mass is 35.5. The average molecular weight is 419 g/mol. The first-order valence-corrected chi connectivity index (χ1v) is 9.51. The molecule has 29 heavy (non-hydrogen) atoms. The van der Waals surface area contributed by atoms with Gasteiger partial charge < -0.3 is 25.1 Å². The number of nitrogens with one attached hydrogen (secondary N) is 1. The smallest absolute Gasteiger partial charge is 0.276 e. The number of rotatable bonds is 3. The minimum atomic E-state index is -0.937. The zero-order valence-corrected chi connectivity index (χ0v) is 16.2. The molecule has 2 aliphatic rings. The molecule has 0 aliphatic carbocycles. The van der Waals surface area contributed by atoms with Gasteiger partial charge in [0.1, 0.15) is 29.4 Å². The van der Waals surface area contributed by atoms with Gasteiger partial charge in [-0.2, -0.15) is 0 Å². The molecular formula is C19H19ClN4O5. The number of anilines is 1. The molecule has 1 aromatic carbocycles. The quantitative estimate of drug-likeness (QED) is 0.589. The average Bonchev–Trinajstić information content (AvgIpc) is 3.31. The van der Waals surface area contributed by atoms with Crippen LogP contribution in [0, 0.1) is 0 Å².